The van der Waals surface area contributed by atoms with Gasteiger partial charge in [-0.05, 0) is 82.1 Å². The third-order valence-corrected chi connectivity index (χ3v) is 8.29. The second kappa shape index (κ2) is 8.70. The molecule has 3 aromatic rings. The first-order valence-electron chi connectivity index (χ1n) is 8.66. The number of rotatable bonds is 6. The fourth-order valence-electron chi connectivity index (χ4n) is 2.57. The second-order valence-corrected chi connectivity index (χ2v) is 11.7. The number of aryl methyl sites for hydroxylation is 2. The van der Waals surface area contributed by atoms with Crippen LogP contribution in [0.15, 0.2) is 79.4 Å². The number of nitrogens with one attached hydrogen (secondary N) is 2. The summed E-state index contributed by atoms with van der Waals surface area (Å²) in [5.41, 5.74) is 1.98. The maximum atomic E-state index is 12.9. The van der Waals surface area contributed by atoms with Crippen molar-refractivity contribution in [2.24, 2.45) is 0 Å². The maximum absolute atomic E-state index is 12.9. The van der Waals surface area contributed by atoms with E-state index in [0.717, 1.165) is 11.1 Å². The van der Waals surface area contributed by atoms with Gasteiger partial charge in [0.05, 0.1) is 21.2 Å². The number of halogens is 2. The summed E-state index contributed by atoms with van der Waals surface area (Å²) in [6.07, 6.45) is 0. The molecule has 0 fully saturated rings. The highest BCUT2D eigenvalue weighted by Crippen LogP contribution is 2.39. The molecule has 0 saturated heterocycles. The van der Waals surface area contributed by atoms with E-state index in [1.165, 1.54) is 24.3 Å². The number of anilines is 2. The second-order valence-electron chi connectivity index (χ2n) is 6.62. The molecule has 6 nitrogen and oxygen atoms in total. The minimum absolute atomic E-state index is 0.0623. The predicted molar refractivity (Wildman–Crippen MR) is 126 cm³/mol. The van der Waals surface area contributed by atoms with Crippen LogP contribution in [0.3, 0.4) is 0 Å². The van der Waals surface area contributed by atoms with E-state index in [0.29, 0.717) is 8.95 Å². The molecule has 0 radical (unpaired) electrons. The Kier molecular flexibility index (Phi) is 6.61. The van der Waals surface area contributed by atoms with Gasteiger partial charge in [0.1, 0.15) is 0 Å². The van der Waals surface area contributed by atoms with Crippen molar-refractivity contribution in [1.29, 1.82) is 0 Å². The van der Waals surface area contributed by atoms with Crippen LogP contribution in [0.5, 0.6) is 0 Å². The van der Waals surface area contributed by atoms with Crippen molar-refractivity contribution >= 4 is 63.3 Å². The van der Waals surface area contributed by atoms with Gasteiger partial charge in [-0.2, -0.15) is 0 Å². The van der Waals surface area contributed by atoms with Gasteiger partial charge in [-0.3, -0.25) is 9.44 Å². The van der Waals surface area contributed by atoms with Crippen molar-refractivity contribution in [2.45, 2.75) is 23.6 Å². The average molecular weight is 574 g/mol. The van der Waals surface area contributed by atoms with E-state index in [4.69, 9.17) is 0 Å². The largest absolute Gasteiger partial charge is 0.276 e. The molecule has 2 N–H and O–H groups in total. The Hall–Kier alpha value is -1.88. The molecule has 3 aromatic carbocycles. The number of hydrogen-bond donors (Lipinski definition) is 2. The predicted octanol–water partition coefficient (Wildman–Crippen LogP) is 5.43. The fourth-order valence-corrected chi connectivity index (χ4v) is 5.88. The molecule has 30 heavy (non-hydrogen) atoms. The van der Waals surface area contributed by atoms with E-state index in [9.17, 15) is 16.8 Å². The van der Waals surface area contributed by atoms with Gasteiger partial charge in [0.25, 0.3) is 20.0 Å². The lowest BCUT2D eigenvalue weighted by Gasteiger charge is -2.18. The summed E-state index contributed by atoms with van der Waals surface area (Å²) >= 11 is 6.62. The first-order valence-corrected chi connectivity index (χ1v) is 13.2. The van der Waals surface area contributed by atoms with Crippen LogP contribution in [0.2, 0.25) is 0 Å². The van der Waals surface area contributed by atoms with Gasteiger partial charge in [-0.15, -0.1) is 0 Å². The minimum Gasteiger partial charge on any atom is -0.276 e. The van der Waals surface area contributed by atoms with Crippen LogP contribution in [0.4, 0.5) is 11.4 Å². The van der Waals surface area contributed by atoms with Crippen molar-refractivity contribution < 1.29 is 16.8 Å². The van der Waals surface area contributed by atoms with E-state index in [-0.39, 0.29) is 21.2 Å². The lowest BCUT2D eigenvalue weighted by atomic mass is 10.2. The summed E-state index contributed by atoms with van der Waals surface area (Å²) in [6.45, 7) is 3.71. The molecule has 0 spiro atoms. The van der Waals surface area contributed by atoms with E-state index in [1.807, 2.05) is 13.8 Å². The molecule has 158 valence electrons. The number of sulfonamides is 2. The Labute approximate surface area is 193 Å². The zero-order chi connectivity index (χ0) is 22.1. The van der Waals surface area contributed by atoms with E-state index >= 15 is 0 Å². The van der Waals surface area contributed by atoms with Crippen LogP contribution in [0, 0.1) is 13.8 Å². The van der Waals surface area contributed by atoms with Crippen LogP contribution < -0.4 is 9.44 Å². The SMILES string of the molecule is Cc1ccc(S(=O)(=O)Nc2c(Br)ccc(Br)c2NS(=O)(=O)c2ccc(C)cc2)cc1. The molecule has 3 rings (SSSR count). The van der Waals surface area contributed by atoms with Crippen molar-refractivity contribution in [3.63, 3.8) is 0 Å². The summed E-state index contributed by atoms with van der Waals surface area (Å²) in [5.74, 6) is 0. The van der Waals surface area contributed by atoms with E-state index in [1.54, 1.807) is 36.4 Å². The Bertz CT molecular complexity index is 1190. The van der Waals surface area contributed by atoms with Crippen molar-refractivity contribution in [2.75, 3.05) is 9.44 Å². The first kappa shape index (κ1) is 22.8. The minimum atomic E-state index is -3.95. The van der Waals surface area contributed by atoms with Crippen LogP contribution in [0.1, 0.15) is 11.1 Å². The molecule has 0 aliphatic rings. The van der Waals surface area contributed by atoms with Gasteiger partial charge < -0.3 is 0 Å². The summed E-state index contributed by atoms with van der Waals surface area (Å²) < 4.78 is 57.2. The van der Waals surface area contributed by atoms with Gasteiger partial charge in [0.2, 0.25) is 0 Å². The Balaban J connectivity index is 2.04. The number of hydrogen-bond acceptors (Lipinski definition) is 4. The van der Waals surface area contributed by atoms with Crippen LogP contribution in [-0.4, -0.2) is 16.8 Å². The van der Waals surface area contributed by atoms with Gasteiger partial charge in [-0.25, -0.2) is 16.8 Å². The zero-order valence-corrected chi connectivity index (χ0v) is 20.8. The Morgan fingerprint density at radius 1 is 0.567 bits per heavy atom. The lowest BCUT2D eigenvalue weighted by molar-refractivity contribution is 0.599. The third-order valence-electron chi connectivity index (χ3n) is 4.24. The van der Waals surface area contributed by atoms with Crippen LogP contribution in [-0.2, 0) is 20.0 Å². The Morgan fingerprint density at radius 2 is 0.867 bits per heavy atom. The van der Waals surface area contributed by atoms with E-state index < -0.39 is 20.0 Å². The number of benzene rings is 3. The molecule has 0 bridgehead atoms. The van der Waals surface area contributed by atoms with Gasteiger partial charge in [-0.1, -0.05) is 35.4 Å². The topological polar surface area (TPSA) is 92.3 Å². The molecular weight excluding hydrogens is 556 g/mol. The third kappa shape index (κ3) is 5.05. The van der Waals surface area contributed by atoms with Gasteiger partial charge in [0.15, 0.2) is 0 Å². The molecule has 0 heterocycles. The molecule has 0 atom stereocenters. The molecule has 0 aliphatic carbocycles. The maximum Gasteiger partial charge on any atom is 0.261 e. The molecule has 0 aliphatic heterocycles. The van der Waals surface area contributed by atoms with Crippen molar-refractivity contribution in [3.05, 3.63) is 80.7 Å². The first-order chi connectivity index (χ1) is 14.0. The normalized spacial score (nSPS) is 11.9. The molecule has 0 amide bonds. The standard InChI is InChI=1S/C20H18Br2N2O4S2/c1-13-3-7-15(8-4-13)29(25,26)23-19-17(21)11-12-18(22)20(19)24-30(27,28)16-9-5-14(2)6-10-16/h3-12,23-24H,1-2H3. The Morgan fingerprint density at radius 3 is 1.17 bits per heavy atom. The highest BCUT2D eigenvalue weighted by Gasteiger charge is 2.23. The zero-order valence-electron chi connectivity index (χ0n) is 16.0. The van der Waals surface area contributed by atoms with Gasteiger partial charge in [0, 0.05) is 8.95 Å². The van der Waals surface area contributed by atoms with Crippen molar-refractivity contribution in [1.82, 2.24) is 0 Å². The van der Waals surface area contributed by atoms with Crippen molar-refractivity contribution in [3.8, 4) is 0 Å². The molecular formula is C20H18Br2N2O4S2. The molecule has 0 aromatic heterocycles. The highest BCUT2D eigenvalue weighted by molar-refractivity contribution is 9.11. The smallest absolute Gasteiger partial charge is 0.261 e. The summed E-state index contributed by atoms with van der Waals surface area (Å²) in [6, 6.07) is 15.9. The quantitative estimate of drug-likeness (QED) is 0.411. The monoisotopic (exact) mass is 572 g/mol. The average Bonchev–Trinajstić information content (AvgIpc) is 2.68. The molecule has 10 heteroatoms. The summed E-state index contributed by atoms with van der Waals surface area (Å²) in [7, 11) is -7.91. The molecule has 0 unspecified atom stereocenters. The summed E-state index contributed by atoms with van der Waals surface area (Å²) in [4.78, 5) is 0.125. The fraction of sp³-hybridized carbons (Fsp3) is 0.100. The van der Waals surface area contributed by atoms with Crippen LogP contribution in [0.25, 0.3) is 0 Å². The van der Waals surface area contributed by atoms with Gasteiger partial charge >= 0.3 is 0 Å². The highest BCUT2D eigenvalue weighted by atomic mass is 79.9. The van der Waals surface area contributed by atoms with E-state index in [2.05, 4.69) is 41.3 Å². The lowest BCUT2D eigenvalue weighted by Crippen LogP contribution is -2.18. The van der Waals surface area contributed by atoms with Crippen LogP contribution >= 0.6 is 31.9 Å². The molecule has 0 saturated carbocycles. The summed E-state index contributed by atoms with van der Waals surface area (Å²) in [5, 5.41) is 0.